The van der Waals surface area contributed by atoms with Gasteiger partial charge in [0.2, 0.25) is 0 Å². The molecule has 0 aliphatic heterocycles. The molecule has 4 aromatic rings. The van der Waals surface area contributed by atoms with Gasteiger partial charge < -0.3 is 19.8 Å². The SMILES string of the molecule is CCOc1cc(/C=C(/C#N)C(=O)NCCc2c[nH]c3ccccc23)c(Br)cc1OCc1ccc(I)cc1. The van der Waals surface area contributed by atoms with Gasteiger partial charge in [0.05, 0.1) is 6.61 Å². The second-order valence-electron chi connectivity index (χ2n) is 8.20. The fraction of sp³-hybridized carbons (Fsp3) is 0.172. The molecule has 2 N–H and O–H groups in total. The maximum Gasteiger partial charge on any atom is 0.261 e. The summed E-state index contributed by atoms with van der Waals surface area (Å²) in [7, 11) is 0. The molecule has 6 nitrogen and oxygen atoms in total. The van der Waals surface area contributed by atoms with Gasteiger partial charge >= 0.3 is 0 Å². The van der Waals surface area contributed by atoms with Crippen LogP contribution in [-0.4, -0.2) is 24.0 Å². The lowest BCUT2D eigenvalue weighted by Gasteiger charge is -2.14. The van der Waals surface area contributed by atoms with Crippen LogP contribution in [0.2, 0.25) is 0 Å². The standard InChI is InChI=1S/C29H25BrIN3O3/c1-2-36-27-14-21(25(30)15-28(27)37-18-19-7-9-23(31)10-8-19)13-22(16-32)29(35)33-12-11-20-17-34-26-6-4-3-5-24(20)26/h3-10,13-15,17,34H,2,11-12,18H2,1H3,(H,33,35)/b22-13-. The molecular formula is C29H25BrIN3O3. The summed E-state index contributed by atoms with van der Waals surface area (Å²) < 4.78 is 13.7. The average molecular weight is 670 g/mol. The molecule has 0 aliphatic rings. The number of para-hydroxylation sites is 1. The van der Waals surface area contributed by atoms with E-state index < -0.39 is 5.91 Å². The summed E-state index contributed by atoms with van der Waals surface area (Å²) in [6.07, 6.45) is 4.15. The number of carbonyl (C=O) groups is 1. The van der Waals surface area contributed by atoms with E-state index >= 15 is 0 Å². The predicted molar refractivity (Wildman–Crippen MR) is 157 cm³/mol. The molecule has 3 aromatic carbocycles. The van der Waals surface area contributed by atoms with Gasteiger partial charge in [-0.15, -0.1) is 0 Å². The van der Waals surface area contributed by atoms with Crippen LogP contribution in [0, 0.1) is 14.9 Å². The monoisotopic (exact) mass is 669 g/mol. The zero-order valence-electron chi connectivity index (χ0n) is 20.2. The van der Waals surface area contributed by atoms with E-state index in [1.54, 1.807) is 18.2 Å². The number of nitrogens with one attached hydrogen (secondary N) is 2. The number of fused-ring (bicyclic) bond motifs is 1. The van der Waals surface area contributed by atoms with Gasteiger partial charge in [0.15, 0.2) is 11.5 Å². The number of nitriles is 1. The molecular weight excluding hydrogens is 645 g/mol. The highest BCUT2D eigenvalue weighted by Gasteiger charge is 2.14. The minimum absolute atomic E-state index is 0.00892. The van der Waals surface area contributed by atoms with Gasteiger partial charge in [0.25, 0.3) is 5.91 Å². The lowest BCUT2D eigenvalue weighted by atomic mass is 10.1. The molecule has 0 atom stereocenters. The smallest absolute Gasteiger partial charge is 0.261 e. The molecule has 0 unspecified atom stereocenters. The molecule has 0 aliphatic carbocycles. The Labute approximate surface area is 237 Å². The highest BCUT2D eigenvalue weighted by atomic mass is 127. The summed E-state index contributed by atoms with van der Waals surface area (Å²) >= 11 is 5.82. The Bertz CT molecular complexity index is 1470. The summed E-state index contributed by atoms with van der Waals surface area (Å²) in [4.78, 5) is 16.0. The Morgan fingerprint density at radius 2 is 1.89 bits per heavy atom. The van der Waals surface area contributed by atoms with E-state index in [1.165, 1.54) is 0 Å². The van der Waals surface area contributed by atoms with E-state index in [2.05, 4.69) is 48.8 Å². The third-order valence-corrected chi connectivity index (χ3v) is 7.10. The summed E-state index contributed by atoms with van der Waals surface area (Å²) in [5.74, 6) is 0.692. The Kier molecular flexibility index (Phi) is 9.25. The van der Waals surface area contributed by atoms with Crippen molar-refractivity contribution in [1.29, 1.82) is 5.26 Å². The van der Waals surface area contributed by atoms with E-state index in [-0.39, 0.29) is 5.57 Å². The number of aromatic nitrogens is 1. The van der Waals surface area contributed by atoms with Crippen molar-refractivity contribution in [2.24, 2.45) is 0 Å². The Morgan fingerprint density at radius 3 is 2.65 bits per heavy atom. The first-order valence-corrected chi connectivity index (χ1v) is 13.6. The van der Waals surface area contributed by atoms with Gasteiger partial charge in [-0.2, -0.15) is 5.26 Å². The molecule has 0 fully saturated rings. The van der Waals surface area contributed by atoms with Crippen molar-refractivity contribution in [3.63, 3.8) is 0 Å². The van der Waals surface area contributed by atoms with Crippen LogP contribution >= 0.6 is 38.5 Å². The van der Waals surface area contributed by atoms with Gasteiger partial charge in [0, 0.05) is 31.7 Å². The van der Waals surface area contributed by atoms with Gasteiger partial charge in [-0.3, -0.25) is 4.79 Å². The molecule has 1 aromatic heterocycles. The first-order valence-electron chi connectivity index (χ1n) is 11.8. The van der Waals surface area contributed by atoms with E-state index in [0.717, 1.165) is 25.6 Å². The minimum Gasteiger partial charge on any atom is -0.490 e. The number of hydrogen-bond donors (Lipinski definition) is 2. The minimum atomic E-state index is -0.425. The molecule has 188 valence electrons. The number of aromatic amines is 1. The van der Waals surface area contributed by atoms with Gasteiger partial charge in [-0.1, -0.05) is 46.3 Å². The third kappa shape index (κ3) is 6.93. The van der Waals surface area contributed by atoms with Crippen molar-refractivity contribution in [2.45, 2.75) is 20.0 Å². The van der Waals surface area contributed by atoms with Crippen molar-refractivity contribution in [2.75, 3.05) is 13.2 Å². The van der Waals surface area contributed by atoms with E-state index in [0.29, 0.717) is 47.7 Å². The number of amides is 1. The van der Waals surface area contributed by atoms with E-state index in [4.69, 9.17) is 9.47 Å². The first kappa shape index (κ1) is 26.8. The number of halogens is 2. The van der Waals surface area contributed by atoms with Crippen LogP contribution < -0.4 is 14.8 Å². The molecule has 1 heterocycles. The maximum atomic E-state index is 12.8. The number of benzene rings is 3. The van der Waals surface area contributed by atoms with Gasteiger partial charge in [-0.25, -0.2) is 0 Å². The van der Waals surface area contributed by atoms with Crippen molar-refractivity contribution in [1.82, 2.24) is 10.3 Å². The second kappa shape index (κ2) is 12.8. The third-order valence-electron chi connectivity index (χ3n) is 5.69. The van der Waals surface area contributed by atoms with Crippen LogP contribution in [0.5, 0.6) is 11.5 Å². The Balaban J connectivity index is 1.45. The van der Waals surface area contributed by atoms with E-state index in [1.807, 2.05) is 67.7 Å². The lowest BCUT2D eigenvalue weighted by molar-refractivity contribution is -0.117. The Hall–Kier alpha value is -3.29. The Morgan fingerprint density at radius 1 is 1.14 bits per heavy atom. The zero-order valence-corrected chi connectivity index (χ0v) is 23.9. The number of nitrogens with zero attached hydrogens (tertiary/aromatic N) is 1. The quantitative estimate of drug-likeness (QED) is 0.111. The van der Waals surface area contributed by atoms with Crippen LogP contribution in [-0.2, 0) is 17.8 Å². The van der Waals surface area contributed by atoms with E-state index in [9.17, 15) is 10.1 Å². The van der Waals surface area contributed by atoms with Crippen LogP contribution in [0.25, 0.3) is 17.0 Å². The highest BCUT2D eigenvalue weighted by Crippen LogP contribution is 2.35. The summed E-state index contributed by atoms with van der Waals surface area (Å²) in [6, 6.07) is 21.7. The molecule has 0 radical (unpaired) electrons. The lowest BCUT2D eigenvalue weighted by Crippen LogP contribution is -2.26. The predicted octanol–water partition coefficient (Wildman–Crippen LogP) is 6.78. The van der Waals surface area contributed by atoms with Crippen LogP contribution in [0.4, 0.5) is 0 Å². The molecule has 37 heavy (non-hydrogen) atoms. The van der Waals surface area contributed by atoms with Gasteiger partial charge in [0.1, 0.15) is 18.2 Å². The topological polar surface area (TPSA) is 87.1 Å². The molecule has 0 saturated carbocycles. The fourth-order valence-electron chi connectivity index (χ4n) is 3.83. The molecule has 8 heteroatoms. The average Bonchev–Trinajstić information content (AvgIpc) is 3.32. The molecule has 0 bridgehead atoms. The molecule has 4 rings (SSSR count). The maximum absolute atomic E-state index is 12.8. The van der Waals surface area contributed by atoms with Crippen LogP contribution in [0.1, 0.15) is 23.6 Å². The van der Waals surface area contributed by atoms with Gasteiger partial charge in [-0.05, 0) is 89.0 Å². The number of carbonyl (C=O) groups excluding carboxylic acids is 1. The summed E-state index contributed by atoms with van der Waals surface area (Å²) in [5.41, 5.74) is 3.87. The normalized spacial score (nSPS) is 11.2. The largest absolute Gasteiger partial charge is 0.490 e. The molecule has 1 amide bonds. The fourth-order valence-corrected chi connectivity index (χ4v) is 4.63. The van der Waals surface area contributed by atoms with Crippen LogP contribution in [0.3, 0.4) is 0 Å². The first-order chi connectivity index (χ1) is 18.0. The number of hydrogen-bond acceptors (Lipinski definition) is 4. The number of H-pyrrole nitrogens is 1. The second-order valence-corrected chi connectivity index (χ2v) is 10.3. The summed E-state index contributed by atoms with van der Waals surface area (Å²) in [5, 5.41) is 13.7. The number of rotatable bonds is 10. The number of ether oxygens (including phenoxy) is 2. The molecule has 0 saturated heterocycles. The van der Waals surface area contributed by atoms with Crippen molar-refractivity contribution in [3.8, 4) is 17.6 Å². The zero-order chi connectivity index (χ0) is 26.2. The van der Waals surface area contributed by atoms with Crippen molar-refractivity contribution in [3.05, 3.63) is 97.2 Å². The van der Waals surface area contributed by atoms with Crippen molar-refractivity contribution < 1.29 is 14.3 Å². The molecule has 0 spiro atoms. The van der Waals surface area contributed by atoms with Crippen molar-refractivity contribution >= 4 is 61.4 Å². The van der Waals surface area contributed by atoms with Crippen LogP contribution in [0.15, 0.2) is 76.9 Å². The summed E-state index contributed by atoms with van der Waals surface area (Å²) in [6.45, 7) is 3.14. The highest BCUT2D eigenvalue weighted by molar-refractivity contribution is 14.1.